The number of fused-ring (bicyclic) bond motifs is 2. The monoisotopic (exact) mass is 329 g/mol. The van der Waals surface area contributed by atoms with E-state index in [1.807, 2.05) is 30.5 Å². The van der Waals surface area contributed by atoms with Gasteiger partial charge >= 0.3 is 0 Å². The maximum Gasteiger partial charge on any atom is 0.252 e. The molecule has 0 radical (unpaired) electrons. The molecule has 1 aliphatic carbocycles. The van der Waals surface area contributed by atoms with E-state index in [0.717, 1.165) is 35.5 Å². The molecule has 2 aromatic rings. The molecule has 120 valence electrons. The molecule has 4 nitrogen and oxygen atoms in total. The minimum Gasteiger partial charge on any atom is -0.454 e. The topological polar surface area (TPSA) is 47.6 Å². The number of rotatable bonds is 3. The van der Waals surface area contributed by atoms with Crippen LogP contribution in [0.3, 0.4) is 0 Å². The summed E-state index contributed by atoms with van der Waals surface area (Å²) < 4.78 is 10.7. The lowest BCUT2D eigenvalue weighted by Gasteiger charge is -2.16. The van der Waals surface area contributed by atoms with Crippen molar-refractivity contribution in [1.82, 2.24) is 5.32 Å². The number of aryl methyl sites for hydroxylation is 1. The van der Waals surface area contributed by atoms with Gasteiger partial charge in [-0.3, -0.25) is 4.79 Å². The first kappa shape index (κ1) is 14.6. The standard InChI is InChI=1S/C18H19NO3S/c1-11(12-6-7-15-16(8-12)22-10-21-15)19-18(20)14-9-23-17-5-3-2-4-13(14)17/h6-9,11H,2-5,10H2,1H3,(H,19,20). The lowest BCUT2D eigenvalue weighted by atomic mass is 9.95. The van der Waals surface area contributed by atoms with Gasteiger partial charge in [-0.25, -0.2) is 0 Å². The molecular weight excluding hydrogens is 310 g/mol. The van der Waals surface area contributed by atoms with Gasteiger partial charge in [0.1, 0.15) is 0 Å². The fourth-order valence-corrected chi connectivity index (χ4v) is 4.35. The molecule has 23 heavy (non-hydrogen) atoms. The second kappa shape index (κ2) is 5.89. The second-order valence-corrected chi connectivity index (χ2v) is 7.03. The van der Waals surface area contributed by atoms with Crippen molar-refractivity contribution in [2.75, 3.05) is 6.79 Å². The summed E-state index contributed by atoms with van der Waals surface area (Å²) in [6.45, 7) is 2.26. The van der Waals surface area contributed by atoms with E-state index in [9.17, 15) is 4.79 Å². The lowest BCUT2D eigenvalue weighted by molar-refractivity contribution is 0.0939. The van der Waals surface area contributed by atoms with Crippen LogP contribution in [0, 0.1) is 0 Å². The third-order valence-corrected chi connectivity index (χ3v) is 5.64. The Balaban J connectivity index is 1.51. The van der Waals surface area contributed by atoms with Crippen molar-refractivity contribution in [1.29, 1.82) is 0 Å². The summed E-state index contributed by atoms with van der Waals surface area (Å²) >= 11 is 1.72. The van der Waals surface area contributed by atoms with Crippen molar-refractivity contribution >= 4 is 17.2 Å². The first-order chi connectivity index (χ1) is 11.2. The number of ether oxygens (including phenoxy) is 2. The summed E-state index contributed by atoms with van der Waals surface area (Å²) in [5, 5.41) is 5.12. The van der Waals surface area contributed by atoms with Gasteiger partial charge < -0.3 is 14.8 Å². The quantitative estimate of drug-likeness (QED) is 0.930. The predicted octanol–water partition coefficient (Wildman–Crippen LogP) is 3.85. The van der Waals surface area contributed by atoms with Crippen molar-refractivity contribution in [2.24, 2.45) is 0 Å². The Hall–Kier alpha value is -2.01. The van der Waals surface area contributed by atoms with Gasteiger partial charge in [0.25, 0.3) is 5.91 Å². The van der Waals surface area contributed by atoms with E-state index in [1.165, 1.54) is 23.3 Å². The van der Waals surface area contributed by atoms with Gasteiger partial charge in [0, 0.05) is 10.3 Å². The van der Waals surface area contributed by atoms with Gasteiger partial charge in [-0.15, -0.1) is 11.3 Å². The van der Waals surface area contributed by atoms with E-state index in [-0.39, 0.29) is 18.7 Å². The van der Waals surface area contributed by atoms with Crippen LogP contribution in [0.4, 0.5) is 0 Å². The maximum atomic E-state index is 12.6. The number of nitrogens with one attached hydrogen (secondary N) is 1. The molecule has 0 bridgehead atoms. The van der Waals surface area contributed by atoms with E-state index < -0.39 is 0 Å². The molecule has 1 amide bonds. The molecule has 2 heterocycles. The molecule has 1 aromatic carbocycles. The molecule has 0 fully saturated rings. The Labute approximate surface area is 139 Å². The van der Waals surface area contributed by atoms with Crippen LogP contribution in [0.2, 0.25) is 0 Å². The van der Waals surface area contributed by atoms with Crippen LogP contribution in [0.1, 0.15) is 52.2 Å². The van der Waals surface area contributed by atoms with Crippen LogP contribution in [-0.4, -0.2) is 12.7 Å². The highest BCUT2D eigenvalue weighted by atomic mass is 32.1. The van der Waals surface area contributed by atoms with E-state index in [4.69, 9.17) is 9.47 Å². The van der Waals surface area contributed by atoms with Crippen molar-refractivity contribution in [2.45, 2.75) is 38.6 Å². The molecule has 4 rings (SSSR count). The zero-order valence-corrected chi connectivity index (χ0v) is 13.9. The van der Waals surface area contributed by atoms with Crippen LogP contribution >= 0.6 is 11.3 Å². The normalized spacial score (nSPS) is 16.7. The summed E-state index contributed by atoms with van der Waals surface area (Å²) in [5.41, 5.74) is 3.14. The minimum absolute atomic E-state index is 0.0227. The molecule has 1 unspecified atom stereocenters. The lowest BCUT2D eigenvalue weighted by Crippen LogP contribution is -2.27. The Kier molecular flexibility index (Phi) is 3.73. The zero-order chi connectivity index (χ0) is 15.8. The van der Waals surface area contributed by atoms with Crippen LogP contribution in [0.5, 0.6) is 11.5 Å². The molecule has 0 spiro atoms. The number of carbonyl (C=O) groups is 1. The zero-order valence-electron chi connectivity index (χ0n) is 13.1. The van der Waals surface area contributed by atoms with Crippen LogP contribution in [0.15, 0.2) is 23.6 Å². The van der Waals surface area contributed by atoms with E-state index in [1.54, 1.807) is 11.3 Å². The summed E-state index contributed by atoms with van der Waals surface area (Å²) in [5.74, 6) is 1.53. The summed E-state index contributed by atoms with van der Waals surface area (Å²) in [7, 11) is 0. The maximum absolute atomic E-state index is 12.6. The minimum atomic E-state index is -0.0730. The number of thiophene rings is 1. The van der Waals surface area contributed by atoms with Crippen molar-refractivity contribution < 1.29 is 14.3 Å². The van der Waals surface area contributed by atoms with Gasteiger partial charge in [-0.05, 0) is 55.9 Å². The van der Waals surface area contributed by atoms with Gasteiger partial charge in [0.05, 0.1) is 11.6 Å². The Morgan fingerprint density at radius 3 is 2.96 bits per heavy atom. The Morgan fingerprint density at radius 1 is 1.22 bits per heavy atom. The summed E-state index contributed by atoms with van der Waals surface area (Å²) in [6.07, 6.45) is 4.56. The number of amides is 1. The average Bonchev–Trinajstić information content (AvgIpc) is 3.20. The number of hydrogen-bond acceptors (Lipinski definition) is 4. The Morgan fingerprint density at radius 2 is 2.04 bits per heavy atom. The van der Waals surface area contributed by atoms with Crippen molar-refractivity contribution in [3.63, 3.8) is 0 Å². The summed E-state index contributed by atoms with van der Waals surface area (Å²) in [4.78, 5) is 14.0. The smallest absolute Gasteiger partial charge is 0.252 e. The highest BCUT2D eigenvalue weighted by Crippen LogP contribution is 2.34. The van der Waals surface area contributed by atoms with Crippen molar-refractivity contribution in [3.8, 4) is 11.5 Å². The van der Waals surface area contributed by atoms with Crippen molar-refractivity contribution in [3.05, 3.63) is 45.1 Å². The molecule has 1 aliphatic heterocycles. The van der Waals surface area contributed by atoms with Gasteiger partial charge in [-0.1, -0.05) is 6.07 Å². The van der Waals surface area contributed by atoms with Crippen LogP contribution < -0.4 is 14.8 Å². The molecular formula is C18H19NO3S. The predicted molar refractivity (Wildman–Crippen MR) is 89.4 cm³/mol. The number of carbonyl (C=O) groups excluding carboxylic acids is 1. The molecule has 1 N–H and O–H groups in total. The molecule has 2 aliphatic rings. The molecule has 1 aromatic heterocycles. The fourth-order valence-electron chi connectivity index (χ4n) is 3.22. The van der Waals surface area contributed by atoms with Gasteiger partial charge in [0.15, 0.2) is 11.5 Å². The average molecular weight is 329 g/mol. The fraction of sp³-hybridized carbons (Fsp3) is 0.389. The third kappa shape index (κ3) is 2.70. The first-order valence-corrected chi connectivity index (χ1v) is 8.90. The highest BCUT2D eigenvalue weighted by Gasteiger charge is 2.22. The number of hydrogen-bond donors (Lipinski definition) is 1. The molecule has 5 heteroatoms. The largest absolute Gasteiger partial charge is 0.454 e. The highest BCUT2D eigenvalue weighted by molar-refractivity contribution is 7.10. The van der Waals surface area contributed by atoms with E-state index in [2.05, 4.69) is 5.32 Å². The first-order valence-electron chi connectivity index (χ1n) is 8.02. The SMILES string of the molecule is CC(NC(=O)c1csc2c1CCCC2)c1ccc2c(c1)OCO2. The van der Waals surface area contributed by atoms with E-state index >= 15 is 0 Å². The molecule has 0 saturated carbocycles. The summed E-state index contributed by atoms with van der Waals surface area (Å²) in [6, 6.07) is 5.74. The van der Waals surface area contributed by atoms with Gasteiger partial charge in [0.2, 0.25) is 6.79 Å². The Bertz CT molecular complexity index is 753. The number of benzene rings is 1. The second-order valence-electron chi connectivity index (χ2n) is 6.07. The molecule has 0 saturated heterocycles. The van der Waals surface area contributed by atoms with Crippen LogP contribution in [-0.2, 0) is 12.8 Å². The molecule has 1 atom stereocenters. The van der Waals surface area contributed by atoms with Crippen LogP contribution in [0.25, 0.3) is 0 Å². The van der Waals surface area contributed by atoms with E-state index in [0.29, 0.717) is 0 Å². The third-order valence-electron chi connectivity index (χ3n) is 4.55. The van der Waals surface area contributed by atoms with Gasteiger partial charge in [-0.2, -0.15) is 0 Å².